The molecule has 0 spiro atoms. The predicted molar refractivity (Wildman–Crippen MR) is 82.6 cm³/mol. The Labute approximate surface area is 130 Å². The molecule has 2 aromatic heterocycles. The van der Waals surface area contributed by atoms with Gasteiger partial charge in [0.2, 0.25) is 5.89 Å². The Morgan fingerprint density at radius 2 is 2.40 bits per heavy atom. The minimum Gasteiger partial charge on any atom is -0.419 e. The van der Waals surface area contributed by atoms with E-state index in [1.165, 1.54) is 6.42 Å². The highest BCUT2D eigenvalue weighted by atomic mass is 79.9. The summed E-state index contributed by atoms with van der Waals surface area (Å²) in [6.45, 7) is 4.03. The average molecular weight is 357 g/mol. The Morgan fingerprint density at radius 1 is 1.50 bits per heavy atom. The van der Waals surface area contributed by atoms with Crippen LogP contribution in [0.3, 0.4) is 0 Å². The molecule has 0 radical (unpaired) electrons. The van der Waals surface area contributed by atoms with Crippen LogP contribution in [0.25, 0.3) is 10.8 Å². The number of hydrogen-bond acceptors (Lipinski definition) is 6. The maximum atomic E-state index is 5.75. The molecule has 1 saturated heterocycles. The van der Waals surface area contributed by atoms with Crippen molar-refractivity contribution in [1.29, 1.82) is 0 Å². The van der Waals surface area contributed by atoms with Crippen LogP contribution in [0.2, 0.25) is 0 Å². The van der Waals surface area contributed by atoms with Gasteiger partial charge in [0.25, 0.3) is 5.89 Å². The summed E-state index contributed by atoms with van der Waals surface area (Å²) in [7, 11) is 2.01. The van der Waals surface area contributed by atoms with Gasteiger partial charge < -0.3 is 9.73 Å². The molecule has 20 heavy (non-hydrogen) atoms. The highest BCUT2D eigenvalue weighted by Crippen LogP contribution is 2.30. The van der Waals surface area contributed by atoms with Crippen molar-refractivity contribution < 1.29 is 4.42 Å². The summed E-state index contributed by atoms with van der Waals surface area (Å²) in [6.07, 6.45) is 1.24. The molecule has 1 N–H and O–H groups in total. The molecule has 3 rings (SSSR count). The minimum absolute atomic E-state index is 0.613. The lowest BCUT2D eigenvalue weighted by molar-refractivity contribution is 0.281. The second kappa shape index (κ2) is 6.34. The first-order valence-corrected chi connectivity index (χ1v) is 8.30. The Balaban J connectivity index is 1.61. The van der Waals surface area contributed by atoms with Crippen LogP contribution in [0.4, 0.5) is 0 Å². The summed E-state index contributed by atoms with van der Waals surface area (Å²) in [5.41, 5.74) is 0. The third kappa shape index (κ3) is 3.28. The lowest BCUT2D eigenvalue weighted by Gasteiger charge is -2.13. The first-order chi connectivity index (χ1) is 9.74. The van der Waals surface area contributed by atoms with Crippen LogP contribution in [-0.2, 0) is 6.54 Å². The Morgan fingerprint density at radius 3 is 3.15 bits per heavy atom. The molecule has 5 nitrogen and oxygen atoms in total. The molecule has 1 unspecified atom stereocenters. The Kier molecular flexibility index (Phi) is 4.50. The van der Waals surface area contributed by atoms with Gasteiger partial charge in [-0.25, -0.2) is 0 Å². The average Bonchev–Trinajstić information content (AvgIpc) is 3.12. The van der Waals surface area contributed by atoms with Gasteiger partial charge in [-0.1, -0.05) is 0 Å². The van der Waals surface area contributed by atoms with Gasteiger partial charge >= 0.3 is 0 Å². The smallest absolute Gasteiger partial charge is 0.257 e. The van der Waals surface area contributed by atoms with E-state index in [9.17, 15) is 0 Å². The third-order valence-corrected chi connectivity index (χ3v) is 5.08. The van der Waals surface area contributed by atoms with Crippen LogP contribution in [0, 0.1) is 5.92 Å². The predicted octanol–water partition coefficient (Wildman–Crippen LogP) is 2.60. The maximum absolute atomic E-state index is 5.75. The Bertz CT molecular complexity index is 570. The van der Waals surface area contributed by atoms with Crippen molar-refractivity contribution in [1.82, 2.24) is 20.4 Å². The summed E-state index contributed by atoms with van der Waals surface area (Å²) in [4.78, 5) is 3.38. The van der Waals surface area contributed by atoms with E-state index in [0.717, 1.165) is 40.8 Å². The van der Waals surface area contributed by atoms with Gasteiger partial charge in [-0.05, 0) is 60.5 Å². The Hall–Kier alpha value is -0.760. The SMILES string of the molecule is CNCC1CCN(Cc2nnc(-c3ccc(Br)s3)o2)C1. The number of hydrogen-bond donors (Lipinski definition) is 1. The van der Waals surface area contributed by atoms with Crippen molar-refractivity contribution >= 4 is 27.3 Å². The van der Waals surface area contributed by atoms with E-state index < -0.39 is 0 Å². The monoisotopic (exact) mass is 356 g/mol. The fourth-order valence-corrected chi connectivity index (χ4v) is 3.86. The summed E-state index contributed by atoms with van der Waals surface area (Å²) in [6, 6.07) is 3.98. The lowest BCUT2D eigenvalue weighted by atomic mass is 10.1. The zero-order chi connectivity index (χ0) is 13.9. The van der Waals surface area contributed by atoms with E-state index in [4.69, 9.17) is 4.42 Å². The van der Waals surface area contributed by atoms with Crippen molar-refractivity contribution in [2.45, 2.75) is 13.0 Å². The molecule has 0 aliphatic carbocycles. The maximum Gasteiger partial charge on any atom is 0.257 e. The lowest BCUT2D eigenvalue weighted by Crippen LogP contribution is -2.24. The standard InChI is InChI=1S/C13H17BrN4OS/c1-15-6-9-4-5-18(7-9)8-12-16-17-13(19-12)10-2-3-11(14)20-10/h2-3,9,15H,4-8H2,1H3. The normalized spacial score (nSPS) is 19.8. The molecule has 0 aromatic carbocycles. The molecule has 0 bridgehead atoms. The molecule has 0 amide bonds. The molecule has 1 atom stereocenters. The van der Waals surface area contributed by atoms with Crippen molar-refractivity contribution in [2.75, 3.05) is 26.7 Å². The molecule has 7 heteroatoms. The molecule has 1 aliphatic heterocycles. The van der Waals surface area contributed by atoms with E-state index >= 15 is 0 Å². The topological polar surface area (TPSA) is 54.2 Å². The van der Waals surface area contributed by atoms with Crippen molar-refractivity contribution in [2.24, 2.45) is 5.92 Å². The second-order valence-electron chi connectivity index (χ2n) is 5.05. The van der Waals surface area contributed by atoms with Crippen LogP contribution in [0.5, 0.6) is 0 Å². The van der Waals surface area contributed by atoms with Gasteiger partial charge in [0, 0.05) is 6.54 Å². The zero-order valence-electron chi connectivity index (χ0n) is 11.3. The first kappa shape index (κ1) is 14.2. The zero-order valence-corrected chi connectivity index (χ0v) is 13.7. The molecular formula is C13H17BrN4OS. The van der Waals surface area contributed by atoms with E-state index in [1.807, 2.05) is 19.2 Å². The number of aromatic nitrogens is 2. The van der Waals surface area contributed by atoms with E-state index in [0.29, 0.717) is 11.8 Å². The van der Waals surface area contributed by atoms with Gasteiger partial charge in [-0.15, -0.1) is 21.5 Å². The minimum atomic E-state index is 0.613. The highest BCUT2D eigenvalue weighted by molar-refractivity contribution is 9.11. The summed E-state index contributed by atoms with van der Waals surface area (Å²) >= 11 is 5.05. The summed E-state index contributed by atoms with van der Waals surface area (Å²) < 4.78 is 6.82. The van der Waals surface area contributed by atoms with Crippen molar-refractivity contribution in [3.63, 3.8) is 0 Å². The number of likely N-dealkylation sites (tertiary alicyclic amines) is 1. The second-order valence-corrected chi connectivity index (χ2v) is 7.52. The summed E-state index contributed by atoms with van der Waals surface area (Å²) in [5.74, 6) is 2.05. The molecular weight excluding hydrogens is 340 g/mol. The molecule has 108 valence electrons. The van der Waals surface area contributed by atoms with Crippen molar-refractivity contribution in [3.8, 4) is 10.8 Å². The van der Waals surface area contributed by atoms with Gasteiger partial charge in [-0.2, -0.15) is 0 Å². The van der Waals surface area contributed by atoms with Crippen LogP contribution in [0.1, 0.15) is 12.3 Å². The number of halogens is 1. The largest absolute Gasteiger partial charge is 0.419 e. The number of nitrogens with one attached hydrogen (secondary N) is 1. The van der Waals surface area contributed by atoms with Crippen LogP contribution >= 0.6 is 27.3 Å². The van der Waals surface area contributed by atoms with Gasteiger partial charge in [0.05, 0.1) is 15.2 Å². The third-order valence-electron chi connectivity index (χ3n) is 3.47. The first-order valence-electron chi connectivity index (χ1n) is 6.69. The number of thiophene rings is 1. The summed E-state index contributed by atoms with van der Waals surface area (Å²) in [5, 5.41) is 11.5. The van der Waals surface area contributed by atoms with E-state index in [2.05, 4.69) is 36.3 Å². The number of nitrogens with zero attached hydrogens (tertiary/aromatic N) is 3. The molecule has 0 saturated carbocycles. The molecule has 3 heterocycles. The van der Waals surface area contributed by atoms with Crippen LogP contribution in [-0.4, -0.2) is 41.8 Å². The van der Waals surface area contributed by atoms with Crippen LogP contribution < -0.4 is 5.32 Å². The number of rotatable bonds is 5. The van der Waals surface area contributed by atoms with Gasteiger partial charge in [0.15, 0.2) is 0 Å². The van der Waals surface area contributed by atoms with Crippen molar-refractivity contribution in [3.05, 3.63) is 21.8 Å². The fourth-order valence-electron chi connectivity index (χ4n) is 2.55. The highest BCUT2D eigenvalue weighted by Gasteiger charge is 2.23. The molecule has 1 aliphatic rings. The van der Waals surface area contributed by atoms with E-state index in [-0.39, 0.29) is 0 Å². The van der Waals surface area contributed by atoms with Crippen LogP contribution in [0.15, 0.2) is 20.3 Å². The quantitative estimate of drug-likeness (QED) is 0.892. The fraction of sp³-hybridized carbons (Fsp3) is 0.538. The molecule has 1 fully saturated rings. The van der Waals surface area contributed by atoms with Gasteiger partial charge in [0.1, 0.15) is 0 Å². The van der Waals surface area contributed by atoms with Gasteiger partial charge in [-0.3, -0.25) is 4.90 Å². The molecule has 2 aromatic rings. The van der Waals surface area contributed by atoms with E-state index in [1.54, 1.807) is 11.3 Å².